The third-order valence-electron chi connectivity index (χ3n) is 1.84. The Labute approximate surface area is 98.4 Å². The quantitative estimate of drug-likeness (QED) is 0.207. The van der Waals surface area contributed by atoms with E-state index in [0.29, 0.717) is 22.9 Å². The van der Waals surface area contributed by atoms with E-state index in [4.69, 9.17) is 32.0 Å². The Bertz CT molecular complexity index is 382. The van der Waals surface area contributed by atoms with E-state index >= 15 is 0 Å². The number of benzene rings is 1. The molecule has 3 N–H and O–H groups in total. The van der Waals surface area contributed by atoms with Crippen molar-refractivity contribution in [1.29, 1.82) is 0 Å². The van der Waals surface area contributed by atoms with Gasteiger partial charge in [-0.15, -0.1) is 0 Å². The van der Waals surface area contributed by atoms with Gasteiger partial charge in [0.2, 0.25) is 0 Å². The third-order valence-corrected chi connectivity index (χ3v) is 2.16. The maximum atomic E-state index is 8.63. The number of oxime groups is 1. The number of rotatable bonds is 5. The minimum atomic E-state index is -0.0999. The Morgan fingerprint density at radius 2 is 2.31 bits per heavy atom. The molecule has 0 aliphatic heterocycles. The molecule has 1 aromatic carbocycles. The van der Waals surface area contributed by atoms with Crippen LogP contribution in [0.2, 0.25) is 5.02 Å². The smallest absolute Gasteiger partial charge is 0.189 e. The second-order valence-corrected chi connectivity index (χ2v) is 3.26. The molecule has 0 saturated heterocycles. The van der Waals surface area contributed by atoms with Gasteiger partial charge in [-0.1, -0.05) is 22.8 Å². The molecule has 5 nitrogen and oxygen atoms in total. The van der Waals surface area contributed by atoms with Crippen LogP contribution in [0.5, 0.6) is 5.75 Å². The first-order valence-electron chi connectivity index (χ1n) is 4.67. The molecule has 0 saturated carbocycles. The lowest BCUT2D eigenvalue weighted by Gasteiger charge is -2.11. The zero-order valence-corrected chi connectivity index (χ0v) is 9.57. The van der Waals surface area contributed by atoms with Gasteiger partial charge in [0, 0.05) is 6.61 Å². The van der Waals surface area contributed by atoms with Gasteiger partial charge in [-0.3, -0.25) is 0 Å². The van der Waals surface area contributed by atoms with Crippen LogP contribution >= 0.6 is 11.6 Å². The number of amidine groups is 1. The average molecular weight is 245 g/mol. The van der Waals surface area contributed by atoms with E-state index in [-0.39, 0.29) is 12.6 Å². The van der Waals surface area contributed by atoms with Crippen LogP contribution in [0.15, 0.2) is 23.4 Å². The summed E-state index contributed by atoms with van der Waals surface area (Å²) in [6, 6.07) is 5.00. The zero-order chi connectivity index (χ0) is 12.0. The van der Waals surface area contributed by atoms with Crippen LogP contribution < -0.4 is 10.5 Å². The fourth-order valence-corrected chi connectivity index (χ4v) is 1.37. The van der Waals surface area contributed by atoms with E-state index in [2.05, 4.69) is 5.16 Å². The average Bonchev–Trinajstić information content (AvgIpc) is 2.29. The monoisotopic (exact) mass is 244 g/mol. The molecule has 0 atom stereocenters. The predicted molar refractivity (Wildman–Crippen MR) is 61.1 cm³/mol. The molecule has 16 heavy (non-hydrogen) atoms. The van der Waals surface area contributed by atoms with Gasteiger partial charge in [0.05, 0.1) is 10.6 Å². The molecule has 0 spiro atoms. The summed E-state index contributed by atoms with van der Waals surface area (Å²) in [7, 11) is 0. The van der Waals surface area contributed by atoms with Crippen LogP contribution in [-0.4, -0.2) is 24.4 Å². The highest BCUT2D eigenvalue weighted by Crippen LogP contribution is 2.26. The van der Waals surface area contributed by atoms with Crippen LogP contribution in [0.25, 0.3) is 0 Å². The highest BCUT2D eigenvalue weighted by Gasteiger charge is 2.12. The number of halogens is 1. The van der Waals surface area contributed by atoms with Crippen molar-refractivity contribution in [2.75, 3.05) is 13.4 Å². The van der Waals surface area contributed by atoms with Crippen LogP contribution in [0.4, 0.5) is 0 Å². The molecule has 0 amide bonds. The van der Waals surface area contributed by atoms with Gasteiger partial charge in [0.1, 0.15) is 5.75 Å². The first-order valence-corrected chi connectivity index (χ1v) is 5.05. The minimum Gasteiger partial charge on any atom is -0.467 e. The molecule has 6 heteroatoms. The van der Waals surface area contributed by atoms with Crippen LogP contribution in [0.3, 0.4) is 0 Å². The maximum absolute atomic E-state index is 8.63. The summed E-state index contributed by atoms with van der Waals surface area (Å²) in [4.78, 5) is 0. The first-order chi connectivity index (χ1) is 7.70. The van der Waals surface area contributed by atoms with Crippen molar-refractivity contribution in [2.45, 2.75) is 6.92 Å². The Kier molecular flexibility index (Phi) is 4.88. The van der Waals surface area contributed by atoms with Gasteiger partial charge in [-0.05, 0) is 19.1 Å². The zero-order valence-electron chi connectivity index (χ0n) is 8.81. The molecule has 88 valence electrons. The van der Waals surface area contributed by atoms with E-state index in [1.54, 1.807) is 18.2 Å². The molecule has 0 fully saturated rings. The summed E-state index contributed by atoms with van der Waals surface area (Å²) in [5.41, 5.74) is 5.85. The molecule has 0 radical (unpaired) electrons. The first kappa shape index (κ1) is 12.6. The number of nitrogens with zero attached hydrogens (tertiary/aromatic N) is 1. The van der Waals surface area contributed by atoms with Gasteiger partial charge >= 0.3 is 0 Å². The number of hydrogen-bond donors (Lipinski definition) is 2. The van der Waals surface area contributed by atoms with Crippen molar-refractivity contribution in [3.05, 3.63) is 28.8 Å². The molecule has 0 bridgehead atoms. The molecule has 0 unspecified atom stereocenters. The summed E-state index contributed by atoms with van der Waals surface area (Å²) in [5, 5.41) is 11.9. The predicted octanol–water partition coefficient (Wildman–Crippen LogP) is 1.81. The third kappa shape index (κ3) is 3.01. The highest BCUT2D eigenvalue weighted by molar-refractivity contribution is 6.34. The summed E-state index contributed by atoms with van der Waals surface area (Å²) < 4.78 is 10.3. The lowest BCUT2D eigenvalue weighted by Crippen LogP contribution is -2.16. The van der Waals surface area contributed by atoms with E-state index < -0.39 is 0 Å². The van der Waals surface area contributed by atoms with E-state index in [1.165, 1.54) is 0 Å². The van der Waals surface area contributed by atoms with E-state index in [1.807, 2.05) is 6.92 Å². The lowest BCUT2D eigenvalue weighted by atomic mass is 10.2. The molecule has 1 rings (SSSR count). The number of ether oxygens (including phenoxy) is 2. The van der Waals surface area contributed by atoms with Gasteiger partial charge in [0.25, 0.3) is 0 Å². The van der Waals surface area contributed by atoms with Crippen molar-refractivity contribution < 1.29 is 14.7 Å². The van der Waals surface area contributed by atoms with Crippen molar-refractivity contribution in [2.24, 2.45) is 10.9 Å². The topological polar surface area (TPSA) is 77.1 Å². The van der Waals surface area contributed by atoms with Gasteiger partial charge in [-0.2, -0.15) is 0 Å². The molecule has 0 aliphatic rings. The van der Waals surface area contributed by atoms with Crippen molar-refractivity contribution >= 4 is 17.4 Å². The maximum Gasteiger partial charge on any atom is 0.189 e. The number of nitrogens with two attached hydrogens (primary N) is 1. The Hall–Kier alpha value is -1.46. The Morgan fingerprint density at radius 3 is 2.94 bits per heavy atom. The van der Waals surface area contributed by atoms with Crippen molar-refractivity contribution in [3.8, 4) is 5.75 Å². The van der Waals surface area contributed by atoms with Gasteiger partial charge in [-0.25, -0.2) is 0 Å². The van der Waals surface area contributed by atoms with E-state index in [0.717, 1.165) is 0 Å². The summed E-state index contributed by atoms with van der Waals surface area (Å²) in [5.74, 6) is 0.313. The molecule has 0 aromatic heterocycles. The summed E-state index contributed by atoms with van der Waals surface area (Å²) in [6.45, 7) is 2.48. The number of hydrogen-bond acceptors (Lipinski definition) is 4. The lowest BCUT2D eigenvalue weighted by molar-refractivity contribution is 0.0223. The molecular formula is C10H13ClN2O3. The van der Waals surface area contributed by atoms with Crippen molar-refractivity contribution in [3.63, 3.8) is 0 Å². The van der Waals surface area contributed by atoms with E-state index in [9.17, 15) is 0 Å². The Morgan fingerprint density at radius 1 is 1.56 bits per heavy atom. The molecule has 0 heterocycles. The van der Waals surface area contributed by atoms with Gasteiger partial charge in [0.15, 0.2) is 12.6 Å². The molecule has 1 aromatic rings. The second-order valence-electron chi connectivity index (χ2n) is 2.85. The standard InChI is InChI=1S/C10H13ClN2O3/c1-2-15-6-16-8-5-3-4-7(11)9(8)10(12)13-14/h3-5,14H,2,6H2,1H3,(H2,12,13). The molecular weight excluding hydrogens is 232 g/mol. The largest absolute Gasteiger partial charge is 0.467 e. The second kappa shape index (κ2) is 6.19. The Balaban J connectivity index is 2.94. The van der Waals surface area contributed by atoms with Crippen molar-refractivity contribution in [1.82, 2.24) is 0 Å². The minimum absolute atomic E-state index is 0.0859. The summed E-state index contributed by atoms with van der Waals surface area (Å²) >= 11 is 5.92. The fourth-order valence-electron chi connectivity index (χ4n) is 1.11. The fraction of sp³-hybridized carbons (Fsp3) is 0.300. The van der Waals surface area contributed by atoms with Gasteiger partial charge < -0.3 is 20.4 Å². The van der Waals surface area contributed by atoms with Crippen LogP contribution in [0, 0.1) is 0 Å². The summed E-state index contributed by atoms with van der Waals surface area (Å²) in [6.07, 6.45) is 0. The SMILES string of the molecule is CCOCOc1cccc(Cl)c1/C(N)=N/O. The highest BCUT2D eigenvalue weighted by atomic mass is 35.5. The van der Waals surface area contributed by atoms with Crippen LogP contribution in [0.1, 0.15) is 12.5 Å². The molecule has 0 aliphatic carbocycles. The normalized spacial score (nSPS) is 11.5. The van der Waals surface area contributed by atoms with Crippen LogP contribution in [-0.2, 0) is 4.74 Å².